The standard InChI is InChI=1S/C28H28N2O3/c1-18-10-9-13-24(14-18)30-19(2)15-23(20(30)3)16-25-26(28(32)33-5)21(4)29(27(25)31)17-22-11-7-6-8-12-22/h6-16H,17H2,1-5H3/b25-16-. The Hall–Kier alpha value is -3.86. The van der Waals surface area contributed by atoms with E-state index in [0.29, 0.717) is 23.4 Å². The van der Waals surface area contributed by atoms with Crippen LogP contribution < -0.4 is 0 Å². The molecule has 0 unspecified atom stereocenters. The van der Waals surface area contributed by atoms with E-state index >= 15 is 0 Å². The van der Waals surface area contributed by atoms with Crippen LogP contribution in [0.3, 0.4) is 0 Å². The van der Waals surface area contributed by atoms with Gasteiger partial charge in [-0.3, -0.25) is 4.79 Å². The highest BCUT2D eigenvalue weighted by Gasteiger charge is 2.37. The predicted molar refractivity (Wildman–Crippen MR) is 130 cm³/mol. The van der Waals surface area contributed by atoms with Gasteiger partial charge in [-0.25, -0.2) is 4.79 Å². The molecule has 2 heterocycles. The first kappa shape index (κ1) is 22.3. The second-order valence-corrected chi connectivity index (χ2v) is 8.39. The van der Waals surface area contributed by atoms with Crippen LogP contribution in [0.25, 0.3) is 11.8 Å². The van der Waals surface area contributed by atoms with Crippen molar-refractivity contribution in [3.05, 3.63) is 106 Å². The summed E-state index contributed by atoms with van der Waals surface area (Å²) in [6, 6.07) is 20.1. The number of carbonyl (C=O) groups is 2. The minimum Gasteiger partial charge on any atom is -0.465 e. The maximum Gasteiger partial charge on any atom is 0.340 e. The number of aromatic nitrogens is 1. The third-order valence-corrected chi connectivity index (χ3v) is 6.11. The summed E-state index contributed by atoms with van der Waals surface area (Å²) in [5, 5.41) is 0. The van der Waals surface area contributed by atoms with E-state index in [1.165, 1.54) is 12.7 Å². The van der Waals surface area contributed by atoms with Gasteiger partial charge >= 0.3 is 5.97 Å². The minimum atomic E-state index is -0.504. The quantitative estimate of drug-likeness (QED) is 0.401. The lowest BCUT2D eigenvalue weighted by Crippen LogP contribution is -2.24. The fraction of sp³-hybridized carbons (Fsp3) is 0.214. The number of ether oxygens (including phenoxy) is 1. The number of carbonyl (C=O) groups excluding carboxylic acids is 2. The molecule has 3 aromatic rings. The van der Waals surface area contributed by atoms with Crippen LogP contribution >= 0.6 is 0 Å². The first-order valence-electron chi connectivity index (χ1n) is 10.9. The van der Waals surface area contributed by atoms with Crippen LogP contribution in [-0.4, -0.2) is 28.5 Å². The first-order valence-corrected chi connectivity index (χ1v) is 10.9. The monoisotopic (exact) mass is 440 g/mol. The molecule has 1 aromatic heterocycles. The number of methoxy groups -OCH3 is 1. The summed E-state index contributed by atoms with van der Waals surface area (Å²) in [6.07, 6.45) is 1.82. The van der Waals surface area contributed by atoms with Gasteiger partial charge in [0, 0.05) is 22.8 Å². The second kappa shape index (κ2) is 8.94. The molecule has 0 radical (unpaired) electrons. The Morgan fingerprint density at radius 3 is 2.36 bits per heavy atom. The predicted octanol–water partition coefficient (Wildman–Crippen LogP) is 5.28. The van der Waals surface area contributed by atoms with E-state index in [-0.39, 0.29) is 5.91 Å². The van der Waals surface area contributed by atoms with Crippen molar-refractivity contribution in [3.8, 4) is 5.69 Å². The van der Waals surface area contributed by atoms with Crippen LogP contribution in [0.2, 0.25) is 0 Å². The maximum atomic E-state index is 13.5. The Morgan fingerprint density at radius 1 is 0.970 bits per heavy atom. The molecule has 0 spiro atoms. The van der Waals surface area contributed by atoms with Gasteiger partial charge in [0.1, 0.15) is 0 Å². The highest BCUT2D eigenvalue weighted by molar-refractivity contribution is 6.16. The summed E-state index contributed by atoms with van der Waals surface area (Å²) in [5.74, 6) is -0.702. The molecule has 0 fully saturated rings. The zero-order valence-electron chi connectivity index (χ0n) is 19.7. The molecule has 0 aliphatic carbocycles. The van der Waals surface area contributed by atoms with Crippen LogP contribution in [0.1, 0.15) is 35.0 Å². The summed E-state index contributed by atoms with van der Waals surface area (Å²) in [4.78, 5) is 27.8. The van der Waals surface area contributed by atoms with E-state index in [2.05, 4.69) is 29.7 Å². The summed E-state index contributed by atoms with van der Waals surface area (Å²) in [5.41, 5.74) is 7.47. The summed E-state index contributed by atoms with van der Waals surface area (Å²) < 4.78 is 7.20. The zero-order valence-corrected chi connectivity index (χ0v) is 19.7. The Labute approximate surface area is 194 Å². The van der Waals surface area contributed by atoms with Crippen molar-refractivity contribution in [2.75, 3.05) is 7.11 Å². The minimum absolute atomic E-state index is 0.197. The Bertz CT molecular complexity index is 1300. The largest absolute Gasteiger partial charge is 0.465 e. The number of allylic oxidation sites excluding steroid dienone is 1. The van der Waals surface area contributed by atoms with Gasteiger partial charge in [0.15, 0.2) is 0 Å². The molecule has 1 amide bonds. The lowest BCUT2D eigenvalue weighted by Gasteiger charge is -2.17. The SMILES string of the molecule is COC(=O)C1=C(C)N(Cc2ccccc2)C(=O)/C1=C\c1cc(C)n(-c2cccc(C)c2)c1C. The van der Waals surface area contributed by atoms with Crippen molar-refractivity contribution in [3.63, 3.8) is 0 Å². The molecular formula is C28H28N2O3. The molecule has 0 saturated heterocycles. The van der Waals surface area contributed by atoms with E-state index in [9.17, 15) is 9.59 Å². The van der Waals surface area contributed by atoms with E-state index in [4.69, 9.17) is 4.74 Å². The van der Waals surface area contributed by atoms with Gasteiger partial charge in [0.25, 0.3) is 5.91 Å². The van der Waals surface area contributed by atoms with Crippen LogP contribution in [0, 0.1) is 20.8 Å². The number of hydrogen-bond acceptors (Lipinski definition) is 3. The summed E-state index contributed by atoms with van der Waals surface area (Å²) in [7, 11) is 1.34. The normalized spacial score (nSPS) is 15.0. The molecule has 1 aliphatic rings. The number of esters is 1. The molecule has 0 bridgehead atoms. The van der Waals surface area contributed by atoms with Gasteiger partial charge in [-0.2, -0.15) is 0 Å². The first-order chi connectivity index (χ1) is 15.8. The van der Waals surface area contributed by atoms with Gasteiger partial charge in [0.05, 0.1) is 24.8 Å². The fourth-order valence-corrected chi connectivity index (χ4v) is 4.44. The third-order valence-electron chi connectivity index (χ3n) is 6.11. The molecule has 0 N–H and O–H groups in total. The van der Waals surface area contributed by atoms with Crippen molar-refractivity contribution in [2.45, 2.75) is 34.2 Å². The van der Waals surface area contributed by atoms with Crippen LogP contribution in [0.5, 0.6) is 0 Å². The topological polar surface area (TPSA) is 51.5 Å². The van der Waals surface area contributed by atoms with Crippen molar-refractivity contribution >= 4 is 18.0 Å². The van der Waals surface area contributed by atoms with Crippen LogP contribution in [0.4, 0.5) is 0 Å². The number of nitrogens with zero attached hydrogens (tertiary/aromatic N) is 2. The summed E-state index contributed by atoms with van der Waals surface area (Å²) in [6.45, 7) is 8.32. The lowest BCUT2D eigenvalue weighted by molar-refractivity contribution is -0.136. The van der Waals surface area contributed by atoms with Crippen molar-refractivity contribution in [1.82, 2.24) is 9.47 Å². The molecule has 4 rings (SSSR count). The number of benzene rings is 2. The van der Waals surface area contributed by atoms with E-state index in [1.54, 1.807) is 11.8 Å². The Balaban J connectivity index is 1.79. The molecule has 2 aromatic carbocycles. The molecule has 168 valence electrons. The molecule has 5 nitrogen and oxygen atoms in total. The van der Waals surface area contributed by atoms with Crippen LogP contribution in [0.15, 0.2) is 77.5 Å². The smallest absolute Gasteiger partial charge is 0.340 e. The molecular weight excluding hydrogens is 412 g/mol. The zero-order chi connectivity index (χ0) is 23.7. The average molecular weight is 441 g/mol. The Kier molecular flexibility index (Phi) is 6.05. The molecule has 1 aliphatic heterocycles. The van der Waals surface area contributed by atoms with Gasteiger partial charge in [-0.05, 0) is 68.7 Å². The molecule has 5 heteroatoms. The van der Waals surface area contributed by atoms with E-state index in [1.807, 2.05) is 62.4 Å². The molecule has 0 atom stereocenters. The van der Waals surface area contributed by atoms with E-state index in [0.717, 1.165) is 28.2 Å². The van der Waals surface area contributed by atoms with Crippen molar-refractivity contribution < 1.29 is 14.3 Å². The number of rotatable bonds is 5. The maximum absolute atomic E-state index is 13.5. The summed E-state index contributed by atoms with van der Waals surface area (Å²) >= 11 is 0. The van der Waals surface area contributed by atoms with Crippen LogP contribution in [-0.2, 0) is 20.9 Å². The fourth-order valence-electron chi connectivity index (χ4n) is 4.44. The van der Waals surface area contributed by atoms with Gasteiger partial charge in [0.2, 0.25) is 0 Å². The van der Waals surface area contributed by atoms with E-state index < -0.39 is 5.97 Å². The number of aryl methyl sites for hydroxylation is 2. The number of amides is 1. The molecule has 33 heavy (non-hydrogen) atoms. The second-order valence-electron chi connectivity index (χ2n) is 8.39. The van der Waals surface area contributed by atoms with Gasteiger partial charge in [-0.15, -0.1) is 0 Å². The van der Waals surface area contributed by atoms with Gasteiger partial charge in [-0.1, -0.05) is 42.5 Å². The highest BCUT2D eigenvalue weighted by atomic mass is 16.5. The van der Waals surface area contributed by atoms with Crippen molar-refractivity contribution in [1.29, 1.82) is 0 Å². The average Bonchev–Trinajstić information content (AvgIpc) is 3.21. The third kappa shape index (κ3) is 4.14. The molecule has 0 saturated carbocycles. The number of hydrogen-bond donors (Lipinski definition) is 0. The lowest BCUT2D eigenvalue weighted by atomic mass is 10.0. The van der Waals surface area contributed by atoms with Gasteiger partial charge < -0.3 is 14.2 Å². The van der Waals surface area contributed by atoms with Crippen molar-refractivity contribution in [2.24, 2.45) is 0 Å². The highest BCUT2D eigenvalue weighted by Crippen LogP contribution is 2.34. The Morgan fingerprint density at radius 2 is 1.70 bits per heavy atom.